The maximum absolute atomic E-state index is 12.4. The summed E-state index contributed by atoms with van der Waals surface area (Å²) < 4.78 is 32.9. The molecule has 0 radical (unpaired) electrons. The van der Waals surface area contributed by atoms with E-state index in [9.17, 15) is 13.2 Å². The van der Waals surface area contributed by atoms with Crippen molar-refractivity contribution in [1.29, 1.82) is 0 Å². The second-order valence-corrected chi connectivity index (χ2v) is 8.04. The number of hydrogen-bond donors (Lipinski definition) is 2. The summed E-state index contributed by atoms with van der Waals surface area (Å²) in [6.45, 7) is 6.23. The number of amides is 1. The summed E-state index contributed by atoms with van der Waals surface area (Å²) in [5.74, 6) is 0.314. The molecular weight excluding hydrogens is 364 g/mol. The van der Waals surface area contributed by atoms with Crippen molar-refractivity contribution in [1.82, 2.24) is 4.72 Å². The maximum atomic E-state index is 12.4. The summed E-state index contributed by atoms with van der Waals surface area (Å²) in [4.78, 5) is 12.4. The van der Waals surface area contributed by atoms with E-state index >= 15 is 0 Å². The van der Waals surface area contributed by atoms with Gasteiger partial charge in [-0.15, -0.1) is 0 Å². The summed E-state index contributed by atoms with van der Waals surface area (Å²) >= 11 is 0. The zero-order valence-corrected chi connectivity index (χ0v) is 16.7. The van der Waals surface area contributed by atoms with Crippen molar-refractivity contribution in [3.63, 3.8) is 0 Å². The van der Waals surface area contributed by atoms with Crippen LogP contribution in [0, 0.1) is 13.8 Å². The minimum absolute atomic E-state index is 0.0134. The van der Waals surface area contributed by atoms with Gasteiger partial charge < -0.3 is 10.1 Å². The van der Waals surface area contributed by atoms with Crippen LogP contribution in [-0.4, -0.2) is 27.5 Å². The molecule has 2 aromatic carbocycles. The van der Waals surface area contributed by atoms with Crippen molar-refractivity contribution in [2.24, 2.45) is 0 Å². The van der Waals surface area contributed by atoms with Gasteiger partial charge in [-0.05, 0) is 44.0 Å². The van der Waals surface area contributed by atoms with Gasteiger partial charge in [-0.3, -0.25) is 4.79 Å². The summed E-state index contributed by atoms with van der Waals surface area (Å²) in [5.41, 5.74) is 2.25. The number of para-hydroxylation sites is 2. The number of sulfonamides is 1. The van der Waals surface area contributed by atoms with E-state index in [0.29, 0.717) is 23.6 Å². The number of anilines is 1. The molecule has 0 aromatic heterocycles. The first kappa shape index (κ1) is 20.9. The second kappa shape index (κ2) is 9.53. The minimum atomic E-state index is -3.65. The highest BCUT2D eigenvalue weighted by molar-refractivity contribution is 7.89. The van der Waals surface area contributed by atoms with Gasteiger partial charge in [0.2, 0.25) is 15.9 Å². The predicted octanol–water partition coefficient (Wildman–Crippen LogP) is 3.40. The van der Waals surface area contributed by atoms with Crippen LogP contribution in [0.4, 0.5) is 5.69 Å². The van der Waals surface area contributed by atoms with Gasteiger partial charge >= 0.3 is 0 Å². The molecule has 0 atom stereocenters. The van der Waals surface area contributed by atoms with Crippen LogP contribution in [0.15, 0.2) is 47.4 Å². The van der Waals surface area contributed by atoms with E-state index in [1.54, 1.807) is 37.3 Å². The Bertz CT molecular complexity index is 895. The van der Waals surface area contributed by atoms with Crippen LogP contribution in [0.5, 0.6) is 5.75 Å². The third-order valence-corrected chi connectivity index (χ3v) is 5.51. The fourth-order valence-electron chi connectivity index (χ4n) is 2.60. The molecule has 0 saturated carbocycles. The molecule has 2 N–H and O–H groups in total. The van der Waals surface area contributed by atoms with E-state index in [2.05, 4.69) is 10.0 Å². The van der Waals surface area contributed by atoms with Gasteiger partial charge in [-0.2, -0.15) is 0 Å². The maximum Gasteiger partial charge on any atom is 0.240 e. The fourth-order valence-corrected chi connectivity index (χ4v) is 3.85. The van der Waals surface area contributed by atoms with E-state index in [1.807, 2.05) is 26.0 Å². The molecule has 0 unspecified atom stereocenters. The number of ether oxygens (including phenoxy) is 1. The van der Waals surface area contributed by atoms with Crippen LogP contribution >= 0.6 is 0 Å². The molecule has 0 saturated heterocycles. The molecule has 0 fully saturated rings. The van der Waals surface area contributed by atoms with E-state index in [0.717, 1.165) is 12.0 Å². The quantitative estimate of drug-likeness (QED) is 0.687. The van der Waals surface area contributed by atoms with Gasteiger partial charge in [-0.1, -0.05) is 36.8 Å². The molecule has 7 heteroatoms. The fraction of sp³-hybridized carbons (Fsp3) is 0.350. The van der Waals surface area contributed by atoms with Crippen molar-refractivity contribution >= 4 is 21.6 Å². The van der Waals surface area contributed by atoms with E-state index < -0.39 is 10.0 Å². The molecule has 2 rings (SSSR count). The van der Waals surface area contributed by atoms with Gasteiger partial charge in [0.1, 0.15) is 5.75 Å². The van der Waals surface area contributed by atoms with Crippen molar-refractivity contribution in [3.8, 4) is 5.75 Å². The number of aryl methyl sites for hydroxylation is 2. The van der Waals surface area contributed by atoms with Crippen molar-refractivity contribution in [2.75, 3.05) is 18.5 Å². The Morgan fingerprint density at radius 3 is 2.56 bits per heavy atom. The van der Waals surface area contributed by atoms with Gasteiger partial charge in [0.15, 0.2) is 0 Å². The van der Waals surface area contributed by atoms with Gasteiger partial charge in [0.25, 0.3) is 0 Å². The molecule has 1 amide bonds. The first-order valence-corrected chi connectivity index (χ1v) is 10.4. The van der Waals surface area contributed by atoms with Crippen molar-refractivity contribution in [3.05, 3.63) is 53.6 Å². The average molecular weight is 391 g/mol. The zero-order valence-electron chi connectivity index (χ0n) is 15.9. The lowest BCUT2D eigenvalue weighted by atomic mass is 10.2. The summed E-state index contributed by atoms with van der Waals surface area (Å²) in [7, 11) is -3.65. The molecule has 2 aromatic rings. The summed E-state index contributed by atoms with van der Waals surface area (Å²) in [6, 6.07) is 12.3. The third-order valence-electron chi connectivity index (χ3n) is 3.89. The highest BCUT2D eigenvalue weighted by Gasteiger charge is 2.17. The Morgan fingerprint density at radius 1 is 1.11 bits per heavy atom. The first-order chi connectivity index (χ1) is 12.8. The molecule has 0 aliphatic carbocycles. The van der Waals surface area contributed by atoms with Crippen molar-refractivity contribution < 1.29 is 17.9 Å². The summed E-state index contributed by atoms with van der Waals surface area (Å²) in [5, 5.41) is 2.77. The number of benzene rings is 2. The second-order valence-electron chi connectivity index (χ2n) is 6.31. The molecule has 146 valence electrons. The first-order valence-electron chi connectivity index (χ1n) is 8.92. The van der Waals surface area contributed by atoms with E-state index in [-0.39, 0.29) is 23.8 Å². The van der Waals surface area contributed by atoms with E-state index in [1.165, 1.54) is 0 Å². The number of carbonyl (C=O) groups is 1. The van der Waals surface area contributed by atoms with Gasteiger partial charge in [0, 0.05) is 13.0 Å². The highest BCUT2D eigenvalue weighted by Crippen LogP contribution is 2.24. The number of nitrogens with one attached hydrogen (secondary N) is 2. The Balaban J connectivity index is 1.93. The van der Waals surface area contributed by atoms with Gasteiger partial charge in [0.05, 0.1) is 17.2 Å². The lowest BCUT2D eigenvalue weighted by Gasteiger charge is -2.12. The summed E-state index contributed by atoms with van der Waals surface area (Å²) in [6.07, 6.45) is 0.884. The van der Waals surface area contributed by atoms with Crippen LogP contribution in [0.1, 0.15) is 30.9 Å². The zero-order chi connectivity index (χ0) is 19.9. The third kappa shape index (κ3) is 6.08. The van der Waals surface area contributed by atoms with Crippen molar-refractivity contribution in [2.45, 2.75) is 38.5 Å². The Hall–Kier alpha value is -2.38. The Morgan fingerprint density at radius 2 is 1.85 bits per heavy atom. The lowest BCUT2D eigenvalue weighted by Crippen LogP contribution is -2.28. The molecule has 0 aliphatic rings. The number of carbonyl (C=O) groups excluding carboxylic acids is 1. The predicted molar refractivity (Wildman–Crippen MR) is 107 cm³/mol. The van der Waals surface area contributed by atoms with Crippen LogP contribution in [0.3, 0.4) is 0 Å². The molecule has 6 nitrogen and oxygen atoms in total. The average Bonchev–Trinajstić information content (AvgIpc) is 2.60. The Labute approximate surface area is 161 Å². The van der Waals surface area contributed by atoms with Crippen LogP contribution in [0.25, 0.3) is 0 Å². The van der Waals surface area contributed by atoms with Gasteiger partial charge in [-0.25, -0.2) is 13.1 Å². The molecule has 0 aliphatic heterocycles. The van der Waals surface area contributed by atoms with Crippen LogP contribution in [0.2, 0.25) is 0 Å². The minimum Gasteiger partial charge on any atom is -0.491 e. The molecule has 0 heterocycles. The standard InChI is InChI=1S/C20H26N2O4S/c1-4-13-26-18-8-6-5-7-17(18)22-20(23)11-12-21-27(24,25)19-10-9-15(2)14-16(19)3/h5-10,14,21H,4,11-13H2,1-3H3,(H,22,23). The number of hydrogen-bond acceptors (Lipinski definition) is 4. The van der Waals surface area contributed by atoms with Crippen LogP contribution < -0.4 is 14.8 Å². The largest absolute Gasteiger partial charge is 0.491 e. The molecular formula is C20H26N2O4S. The Kier molecular flexibility index (Phi) is 7.38. The monoisotopic (exact) mass is 390 g/mol. The smallest absolute Gasteiger partial charge is 0.240 e. The van der Waals surface area contributed by atoms with Crippen LogP contribution in [-0.2, 0) is 14.8 Å². The SMILES string of the molecule is CCCOc1ccccc1NC(=O)CCNS(=O)(=O)c1ccc(C)cc1C. The lowest BCUT2D eigenvalue weighted by molar-refractivity contribution is -0.116. The van der Waals surface area contributed by atoms with E-state index in [4.69, 9.17) is 4.74 Å². The molecule has 0 spiro atoms. The molecule has 27 heavy (non-hydrogen) atoms. The number of rotatable bonds is 9. The molecule has 0 bridgehead atoms. The highest BCUT2D eigenvalue weighted by atomic mass is 32.2. The topological polar surface area (TPSA) is 84.5 Å². The normalized spacial score (nSPS) is 11.2.